The Hall–Kier alpha value is -1.09. The summed E-state index contributed by atoms with van der Waals surface area (Å²) in [4.78, 5) is 9.68. The summed E-state index contributed by atoms with van der Waals surface area (Å²) in [5.41, 5.74) is 0. The van der Waals surface area contributed by atoms with Gasteiger partial charge in [-0.3, -0.25) is 5.32 Å². The molecule has 0 aromatic rings. The molecule has 0 fully saturated rings. The molecule has 55 valence electrons. The van der Waals surface area contributed by atoms with Crippen LogP contribution in [0.5, 0.6) is 0 Å². The van der Waals surface area contributed by atoms with Gasteiger partial charge in [-0.05, 0) is 6.08 Å². The van der Waals surface area contributed by atoms with Crippen molar-refractivity contribution < 1.29 is 9.53 Å². The second kappa shape index (κ2) is 6.04. The largest absolute Gasteiger partial charge is 0.434 e. The average molecular weight is 140 g/mol. The number of rotatable bonds is 6. The van der Waals surface area contributed by atoms with Gasteiger partial charge in [-0.1, -0.05) is 12.7 Å². The van der Waals surface area contributed by atoms with Crippen LogP contribution in [0.2, 0.25) is 0 Å². The lowest BCUT2D eigenvalue weighted by atomic mass is 10.5. The first-order valence-electron chi connectivity index (χ1n) is 2.84. The lowest BCUT2D eigenvalue weighted by Crippen LogP contribution is -2.29. The van der Waals surface area contributed by atoms with Gasteiger partial charge in [0, 0.05) is 6.54 Å². The molecule has 3 heteroatoms. The van der Waals surface area contributed by atoms with Crippen LogP contribution >= 0.6 is 0 Å². The molecular weight excluding hydrogens is 130 g/mol. The average Bonchev–Trinajstić information content (AvgIpc) is 1.98. The first-order valence-corrected chi connectivity index (χ1v) is 2.84. The first-order chi connectivity index (χ1) is 4.85. The molecule has 0 aliphatic rings. The maximum atomic E-state index is 9.68. The third kappa shape index (κ3) is 3.86. The molecule has 0 saturated heterocycles. The molecule has 0 saturated carbocycles. The molecule has 0 aromatic heterocycles. The summed E-state index contributed by atoms with van der Waals surface area (Å²) in [6.07, 6.45) is 2.66. The van der Waals surface area contributed by atoms with Crippen LogP contribution in [-0.2, 0) is 9.53 Å². The standard InChI is InChI=1S/C7H10NO2/c1-3-5-8-7(4-2)10-6-9/h3-4,7-8H,1-2,5H2. The van der Waals surface area contributed by atoms with Crippen molar-refractivity contribution in [2.75, 3.05) is 6.54 Å². The number of hydrogen-bond acceptors (Lipinski definition) is 3. The fourth-order valence-electron chi connectivity index (χ4n) is 0.424. The quantitative estimate of drug-likeness (QED) is 0.427. The van der Waals surface area contributed by atoms with Crippen molar-refractivity contribution in [1.82, 2.24) is 5.32 Å². The Bertz CT molecular complexity index is 123. The van der Waals surface area contributed by atoms with E-state index in [-0.39, 0.29) is 0 Å². The van der Waals surface area contributed by atoms with Crippen LogP contribution in [0.4, 0.5) is 0 Å². The Morgan fingerprint density at radius 1 is 1.70 bits per heavy atom. The number of hydrogen-bond donors (Lipinski definition) is 1. The van der Waals surface area contributed by atoms with Crippen LogP contribution in [0.3, 0.4) is 0 Å². The molecule has 10 heavy (non-hydrogen) atoms. The van der Waals surface area contributed by atoms with Crippen LogP contribution in [0.25, 0.3) is 0 Å². The van der Waals surface area contributed by atoms with E-state index in [2.05, 4.69) is 23.2 Å². The maximum absolute atomic E-state index is 9.68. The van der Waals surface area contributed by atoms with E-state index in [1.807, 2.05) is 0 Å². The summed E-state index contributed by atoms with van der Waals surface area (Å²) < 4.78 is 4.41. The number of ether oxygens (including phenoxy) is 1. The minimum Gasteiger partial charge on any atom is -0.434 e. The minimum absolute atomic E-state index is 0.463. The second-order valence-corrected chi connectivity index (χ2v) is 1.55. The summed E-state index contributed by atoms with van der Waals surface area (Å²) in [5, 5.41) is 2.80. The van der Waals surface area contributed by atoms with Crippen LogP contribution in [-0.4, -0.2) is 19.2 Å². The van der Waals surface area contributed by atoms with E-state index in [0.717, 1.165) is 0 Å². The zero-order chi connectivity index (χ0) is 7.82. The van der Waals surface area contributed by atoms with Gasteiger partial charge in [-0.15, -0.1) is 6.58 Å². The van der Waals surface area contributed by atoms with Gasteiger partial charge in [0.05, 0.1) is 0 Å². The zero-order valence-electron chi connectivity index (χ0n) is 5.67. The van der Waals surface area contributed by atoms with Gasteiger partial charge in [-0.25, -0.2) is 4.79 Å². The fourth-order valence-corrected chi connectivity index (χ4v) is 0.424. The summed E-state index contributed by atoms with van der Waals surface area (Å²) >= 11 is 0. The highest BCUT2D eigenvalue weighted by molar-refractivity contribution is 5.39. The van der Waals surface area contributed by atoms with Crippen molar-refractivity contribution in [3.05, 3.63) is 25.3 Å². The van der Waals surface area contributed by atoms with Crippen molar-refractivity contribution in [3.63, 3.8) is 0 Å². The van der Waals surface area contributed by atoms with E-state index < -0.39 is 6.23 Å². The van der Waals surface area contributed by atoms with Crippen LogP contribution in [0.1, 0.15) is 0 Å². The molecule has 1 unspecified atom stereocenters. The summed E-state index contributed by atoms with van der Waals surface area (Å²) in [5.74, 6) is 0. The highest BCUT2D eigenvalue weighted by Crippen LogP contribution is 1.83. The van der Waals surface area contributed by atoms with Crippen LogP contribution in [0, 0.1) is 0 Å². The molecule has 3 nitrogen and oxygen atoms in total. The Morgan fingerprint density at radius 3 is 2.80 bits per heavy atom. The van der Waals surface area contributed by atoms with E-state index in [1.54, 1.807) is 6.08 Å². The van der Waals surface area contributed by atoms with Gasteiger partial charge in [0.25, 0.3) is 0 Å². The first kappa shape index (κ1) is 8.91. The van der Waals surface area contributed by atoms with Crippen molar-refractivity contribution in [2.45, 2.75) is 6.23 Å². The maximum Gasteiger partial charge on any atom is 0.419 e. The van der Waals surface area contributed by atoms with E-state index in [4.69, 9.17) is 0 Å². The number of nitrogens with one attached hydrogen (secondary N) is 1. The lowest BCUT2D eigenvalue weighted by molar-refractivity contribution is 0.190. The van der Waals surface area contributed by atoms with Gasteiger partial charge in [0.15, 0.2) is 6.23 Å². The molecule has 0 aromatic carbocycles. The topological polar surface area (TPSA) is 38.3 Å². The Morgan fingerprint density at radius 2 is 2.40 bits per heavy atom. The van der Waals surface area contributed by atoms with Crippen molar-refractivity contribution in [2.24, 2.45) is 0 Å². The van der Waals surface area contributed by atoms with E-state index in [1.165, 1.54) is 12.5 Å². The summed E-state index contributed by atoms with van der Waals surface area (Å²) in [7, 11) is 0. The highest BCUT2D eigenvalue weighted by Gasteiger charge is 1.99. The van der Waals surface area contributed by atoms with E-state index in [0.29, 0.717) is 6.54 Å². The lowest BCUT2D eigenvalue weighted by Gasteiger charge is -2.08. The molecule has 0 spiro atoms. The highest BCUT2D eigenvalue weighted by atomic mass is 16.5. The monoisotopic (exact) mass is 140 g/mol. The SMILES string of the molecule is C=CCNC(C=C)O[C]=O. The molecule has 0 aliphatic heterocycles. The summed E-state index contributed by atoms with van der Waals surface area (Å²) in [6.45, 7) is 8.79. The molecule has 1 N–H and O–H groups in total. The van der Waals surface area contributed by atoms with Gasteiger partial charge >= 0.3 is 6.47 Å². The van der Waals surface area contributed by atoms with Crippen LogP contribution < -0.4 is 5.32 Å². The molecule has 0 bridgehead atoms. The zero-order valence-corrected chi connectivity index (χ0v) is 5.67. The molecule has 0 rings (SSSR count). The van der Waals surface area contributed by atoms with Crippen molar-refractivity contribution in [1.29, 1.82) is 0 Å². The molecular formula is C7H10NO2. The molecule has 0 aliphatic carbocycles. The van der Waals surface area contributed by atoms with Gasteiger partial charge in [0.2, 0.25) is 0 Å². The van der Waals surface area contributed by atoms with Gasteiger partial charge in [0.1, 0.15) is 0 Å². The Kier molecular flexibility index (Phi) is 5.38. The third-order valence-electron chi connectivity index (χ3n) is 0.853. The molecule has 1 radical (unpaired) electrons. The van der Waals surface area contributed by atoms with Crippen molar-refractivity contribution >= 4 is 6.47 Å². The normalized spacial score (nSPS) is 11.6. The van der Waals surface area contributed by atoms with E-state index in [9.17, 15) is 4.79 Å². The molecule has 0 heterocycles. The molecule has 0 amide bonds. The Balaban J connectivity index is 3.47. The van der Waals surface area contributed by atoms with Crippen LogP contribution in [0.15, 0.2) is 25.3 Å². The predicted molar refractivity (Wildman–Crippen MR) is 39.0 cm³/mol. The molecule has 1 atom stereocenters. The Labute approximate surface area is 60.4 Å². The smallest absolute Gasteiger partial charge is 0.419 e. The van der Waals surface area contributed by atoms with Gasteiger partial charge in [-0.2, -0.15) is 0 Å². The third-order valence-corrected chi connectivity index (χ3v) is 0.853. The van der Waals surface area contributed by atoms with E-state index >= 15 is 0 Å². The predicted octanol–water partition coefficient (Wildman–Crippen LogP) is 0.358. The van der Waals surface area contributed by atoms with Crippen molar-refractivity contribution in [3.8, 4) is 0 Å². The fraction of sp³-hybridized carbons (Fsp3) is 0.286. The summed E-state index contributed by atoms with van der Waals surface area (Å²) in [6, 6.07) is 0. The minimum atomic E-state index is -0.463. The number of carbonyl (C=O) groups excluding carboxylic acids is 1. The van der Waals surface area contributed by atoms with Gasteiger partial charge < -0.3 is 4.74 Å². The second-order valence-electron chi connectivity index (χ2n) is 1.55.